The molecule has 2 aliphatic rings. The summed E-state index contributed by atoms with van der Waals surface area (Å²) >= 11 is 0. The Morgan fingerprint density at radius 2 is 0.820 bits per heavy atom. The molecule has 282 valence electrons. The lowest BCUT2D eigenvalue weighted by Crippen LogP contribution is -2.25. The van der Waals surface area contributed by atoms with Crippen molar-refractivity contribution in [1.82, 2.24) is 9.97 Å². The van der Waals surface area contributed by atoms with E-state index in [0.29, 0.717) is 5.82 Å². The second-order valence-electron chi connectivity index (χ2n) is 16.4. The van der Waals surface area contributed by atoms with Gasteiger partial charge in [-0.3, -0.25) is 0 Å². The van der Waals surface area contributed by atoms with E-state index < -0.39 is 5.41 Å². The molecule has 61 heavy (non-hydrogen) atoms. The third-order valence-electron chi connectivity index (χ3n) is 13.3. The largest absolute Gasteiger partial charge is 0.228 e. The summed E-state index contributed by atoms with van der Waals surface area (Å²) in [6.45, 7) is 0. The van der Waals surface area contributed by atoms with Crippen LogP contribution in [0.3, 0.4) is 0 Å². The first-order valence-corrected chi connectivity index (χ1v) is 21.1. The number of rotatable bonds is 4. The van der Waals surface area contributed by atoms with E-state index in [0.717, 1.165) is 33.6 Å². The smallest absolute Gasteiger partial charge is 0.160 e. The average molecular weight is 773 g/mol. The summed E-state index contributed by atoms with van der Waals surface area (Å²) < 4.78 is 0. The van der Waals surface area contributed by atoms with Crippen LogP contribution in [0.1, 0.15) is 22.3 Å². The summed E-state index contributed by atoms with van der Waals surface area (Å²) in [6, 6.07) is 79.8. The lowest BCUT2D eigenvalue weighted by atomic mass is 9.70. The van der Waals surface area contributed by atoms with E-state index in [1.54, 1.807) is 0 Å². The summed E-state index contributed by atoms with van der Waals surface area (Å²) in [7, 11) is 0. The molecule has 0 aliphatic heterocycles. The zero-order valence-corrected chi connectivity index (χ0v) is 33.2. The molecule has 2 aliphatic carbocycles. The van der Waals surface area contributed by atoms with Gasteiger partial charge in [-0.2, -0.15) is 0 Å². The highest BCUT2D eigenvalue weighted by molar-refractivity contribution is 6.21. The van der Waals surface area contributed by atoms with Crippen LogP contribution < -0.4 is 0 Å². The van der Waals surface area contributed by atoms with Gasteiger partial charge in [-0.1, -0.05) is 200 Å². The van der Waals surface area contributed by atoms with Crippen molar-refractivity contribution in [2.45, 2.75) is 5.41 Å². The molecular formula is C59H36N2. The first-order chi connectivity index (χ1) is 30.3. The fraction of sp³-hybridized carbons (Fsp3) is 0.0169. The van der Waals surface area contributed by atoms with E-state index in [1.165, 1.54) is 82.4 Å². The zero-order chi connectivity index (χ0) is 40.1. The summed E-state index contributed by atoms with van der Waals surface area (Å²) in [6.07, 6.45) is 0. The molecular weight excluding hydrogens is 737 g/mol. The molecule has 11 aromatic rings. The summed E-state index contributed by atoms with van der Waals surface area (Å²) in [5.74, 6) is 0.701. The van der Waals surface area contributed by atoms with Crippen molar-refractivity contribution in [3.05, 3.63) is 241 Å². The van der Waals surface area contributed by atoms with E-state index in [9.17, 15) is 0 Å². The normalized spacial score (nSPS) is 13.0. The van der Waals surface area contributed by atoms with Gasteiger partial charge in [0.1, 0.15) is 0 Å². The molecule has 0 bridgehead atoms. The number of hydrogen-bond donors (Lipinski definition) is 0. The predicted molar refractivity (Wildman–Crippen MR) is 253 cm³/mol. The molecule has 2 heteroatoms. The van der Waals surface area contributed by atoms with E-state index in [4.69, 9.17) is 9.97 Å². The van der Waals surface area contributed by atoms with Crippen molar-refractivity contribution in [3.8, 4) is 67.3 Å². The van der Waals surface area contributed by atoms with E-state index in [1.807, 2.05) is 6.07 Å². The van der Waals surface area contributed by atoms with Gasteiger partial charge >= 0.3 is 0 Å². The van der Waals surface area contributed by atoms with Gasteiger partial charge < -0.3 is 0 Å². The Bertz CT molecular complexity index is 3540. The van der Waals surface area contributed by atoms with E-state index >= 15 is 0 Å². The van der Waals surface area contributed by atoms with Gasteiger partial charge in [0, 0.05) is 16.7 Å². The molecule has 0 atom stereocenters. The summed E-state index contributed by atoms with van der Waals surface area (Å²) in [4.78, 5) is 10.8. The Morgan fingerprint density at radius 1 is 0.279 bits per heavy atom. The molecule has 10 aromatic carbocycles. The van der Waals surface area contributed by atoms with Crippen molar-refractivity contribution in [2.75, 3.05) is 0 Å². The molecule has 1 heterocycles. The highest BCUT2D eigenvalue weighted by Gasteiger charge is 2.51. The molecule has 13 rings (SSSR count). The first kappa shape index (κ1) is 34.0. The third-order valence-corrected chi connectivity index (χ3v) is 13.3. The fourth-order valence-corrected chi connectivity index (χ4v) is 10.7. The molecule has 0 saturated heterocycles. The van der Waals surface area contributed by atoms with Crippen molar-refractivity contribution in [2.24, 2.45) is 0 Å². The Kier molecular flexibility index (Phi) is 7.26. The fourth-order valence-electron chi connectivity index (χ4n) is 10.7. The zero-order valence-electron chi connectivity index (χ0n) is 33.2. The van der Waals surface area contributed by atoms with Crippen LogP contribution in [0.25, 0.3) is 99.6 Å². The summed E-state index contributed by atoms with van der Waals surface area (Å²) in [5, 5.41) is 7.40. The van der Waals surface area contributed by atoms with Crippen molar-refractivity contribution < 1.29 is 0 Å². The number of benzene rings is 10. The Balaban J connectivity index is 1.07. The molecule has 0 unspecified atom stereocenters. The van der Waals surface area contributed by atoms with Crippen LogP contribution in [0.15, 0.2) is 218 Å². The number of nitrogens with zero attached hydrogens (tertiary/aromatic N) is 2. The molecule has 1 spiro atoms. The quantitative estimate of drug-likeness (QED) is 0.132. The maximum absolute atomic E-state index is 5.42. The van der Waals surface area contributed by atoms with Crippen LogP contribution in [0.4, 0.5) is 0 Å². The maximum Gasteiger partial charge on any atom is 0.160 e. The van der Waals surface area contributed by atoms with Crippen LogP contribution >= 0.6 is 0 Å². The van der Waals surface area contributed by atoms with Gasteiger partial charge in [0.05, 0.1) is 16.8 Å². The molecule has 0 amide bonds. The number of aromatic nitrogens is 2. The highest BCUT2D eigenvalue weighted by atomic mass is 14.9. The topological polar surface area (TPSA) is 25.8 Å². The SMILES string of the molecule is c1ccc(-c2nc(-c3ccc4c(c3)C3(c5ccccc5-c5ccccc53)c3ccccc3-4)cc(-c3ccccc3-c3c4ccccc4cc4c3ccc3ccccc34)n2)cc1. The average Bonchev–Trinajstić information content (AvgIpc) is 3.80. The van der Waals surface area contributed by atoms with Crippen LogP contribution in [-0.4, -0.2) is 9.97 Å². The van der Waals surface area contributed by atoms with Gasteiger partial charge in [-0.05, 0) is 106 Å². The minimum atomic E-state index is -0.445. The van der Waals surface area contributed by atoms with Gasteiger partial charge in [0.2, 0.25) is 0 Å². The molecule has 1 aromatic heterocycles. The van der Waals surface area contributed by atoms with Crippen LogP contribution in [0, 0.1) is 0 Å². The monoisotopic (exact) mass is 772 g/mol. The van der Waals surface area contributed by atoms with E-state index in [2.05, 4.69) is 212 Å². The van der Waals surface area contributed by atoms with Gasteiger partial charge in [-0.15, -0.1) is 0 Å². The summed E-state index contributed by atoms with van der Waals surface area (Å²) in [5.41, 5.74) is 17.2. The van der Waals surface area contributed by atoms with Crippen LogP contribution in [0.2, 0.25) is 0 Å². The molecule has 0 fully saturated rings. The van der Waals surface area contributed by atoms with Crippen molar-refractivity contribution >= 4 is 32.3 Å². The maximum atomic E-state index is 5.42. The lowest BCUT2D eigenvalue weighted by Gasteiger charge is -2.30. The minimum Gasteiger partial charge on any atom is -0.228 e. The Morgan fingerprint density at radius 3 is 1.52 bits per heavy atom. The minimum absolute atomic E-state index is 0.445. The number of hydrogen-bond acceptors (Lipinski definition) is 2. The van der Waals surface area contributed by atoms with Gasteiger partial charge in [0.15, 0.2) is 5.82 Å². The van der Waals surface area contributed by atoms with Gasteiger partial charge in [0.25, 0.3) is 0 Å². The van der Waals surface area contributed by atoms with Gasteiger partial charge in [-0.25, -0.2) is 9.97 Å². The Hall–Kier alpha value is -7.94. The predicted octanol–water partition coefficient (Wildman–Crippen LogP) is 14.9. The van der Waals surface area contributed by atoms with Crippen molar-refractivity contribution in [3.63, 3.8) is 0 Å². The lowest BCUT2D eigenvalue weighted by molar-refractivity contribution is 0.794. The van der Waals surface area contributed by atoms with Crippen LogP contribution in [-0.2, 0) is 5.41 Å². The second-order valence-corrected chi connectivity index (χ2v) is 16.4. The molecule has 0 saturated carbocycles. The molecule has 0 N–H and O–H groups in total. The molecule has 2 nitrogen and oxygen atoms in total. The number of fused-ring (bicyclic) bond motifs is 14. The highest BCUT2D eigenvalue weighted by Crippen LogP contribution is 2.63. The Labute approximate surface area is 354 Å². The third kappa shape index (κ3) is 4.85. The molecule has 0 radical (unpaired) electrons. The first-order valence-electron chi connectivity index (χ1n) is 21.1. The second kappa shape index (κ2) is 13.0. The van der Waals surface area contributed by atoms with Crippen molar-refractivity contribution in [1.29, 1.82) is 0 Å². The standard InChI is InChI=1S/C59H36N2/c1-2-17-38(18-3-1)58-60-55(40-31-32-46-45-24-12-15-29-53(45)59(54(46)35-40)51-27-13-10-22-43(51)44-23-11-14-28-52(44)59)36-56(61-58)47-25-8-9-26-48(47)57-42-21-7-5-19-39(42)34-50-41-20-6-4-16-37(41)30-33-49(50)57/h1-36H. The van der Waals surface area contributed by atoms with E-state index in [-0.39, 0.29) is 0 Å². The van der Waals surface area contributed by atoms with Crippen LogP contribution in [0.5, 0.6) is 0 Å².